The smallest absolute Gasteiger partial charge is 0.261 e. The average Bonchev–Trinajstić information content (AvgIpc) is 3.07. The lowest BCUT2D eigenvalue weighted by atomic mass is 10.1. The summed E-state index contributed by atoms with van der Waals surface area (Å²) in [5.74, 6) is -2.85. The van der Waals surface area contributed by atoms with E-state index in [0.717, 1.165) is 12.1 Å². The first-order valence-corrected chi connectivity index (χ1v) is 7.53. The Labute approximate surface area is 146 Å². The van der Waals surface area contributed by atoms with Crippen LogP contribution in [0.2, 0.25) is 0 Å². The number of anilines is 2. The summed E-state index contributed by atoms with van der Waals surface area (Å²) in [6.07, 6.45) is 1.18. The van der Waals surface area contributed by atoms with Crippen molar-refractivity contribution in [2.24, 2.45) is 0 Å². The van der Waals surface area contributed by atoms with E-state index in [4.69, 9.17) is 4.52 Å². The van der Waals surface area contributed by atoms with Crippen molar-refractivity contribution >= 4 is 23.2 Å². The average molecular weight is 357 g/mol. The van der Waals surface area contributed by atoms with Crippen molar-refractivity contribution in [3.05, 3.63) is 65.9 Å². The van der Waals surface area contributed by atoms with Crippen molar-refractivity contribution in [2.75, 3.05) is 10.6 Å². The summed E-state index contributed by atoms with van der Waals surface area (Å²) >= 11 is 0. The number of hydrogen-bond acceptors (Lipinski definition) is 4. The number of nitrogens with zero attached hydrogens (tertiary/aromatic N) is 1. The zero-order valence-corrected chi connectivity index (χ0v) is 13.5. The van der Waals surface area contributed by atoms with Crippen LogP contribution in [0, 0.1) is 11.6 Å². The molecule has 0 aliphatic carbocycles. The van der Waals surface area contributed by atoms with E-state index in [-0.39, 0.29) is 22.8 Å². The van der Waals surface area contributed by atoms with Crippen molar-refractivity contribution in [1.29, 1.82) is 0 Å². The maximum absolute atomic E-state index is 13.4. The summed E-state index contributed by atoms with van der Waals surface area (Å²) in [5.41, 5.74) is 1.18. The second-order valence-corrected chi connectivity index (χ2v) is 5.41. The summed E-state index contributed by atoms with van der Waals surface area (Å²) in [5, 5.41) is 8.80. The minimum absolute atomic E-state index is 0.0133. The maximum atomic E-state index is 13.4. The topological polar surface area (TPSA) is 84.2 Å². The molecule has 0 atom stereocenters. The number of halogens is 2. The van der Waals surface area contributed by atoms with Crippen LogP contribution in [0.5, 0.6) is 0 Å². The first-order chi connectivity index (χ1) is 12.4. The van der Waals surface area contributed by atoms with Crippen molar-refractivity contribution in [2.45, 2.75) is 6.92 Å². The van der Waals surface area contributed by atoms with Crippen molar-refractivity contribution in [1.82, 2.24) is 5.16 Å². The lowest BCUT2D eigenvalue weighted by Crippen LogP contribution is -2.13. The number of aromatic nitrogens is 1. The predicted octanol–water partition coefficient (Wildman–Crippen LogP) is 3.83. The first-order valence-electron chi connectivity index (χ1n) is 7.53. The van der Waals surface area contributed by atoms with Crippen molar-refractivity contribution in [3.63, 3.8) is 0 Å². The molecule has 0 unspecified atom stereocenters. The van der Waals surface area contributed by atoms with Gasteiger partial charge in [-0.2, -0.15) is 0 Å². The lowest BCUT2D eigenvalue weighted by Gasteiger charge is -2.08. The van der Waals surface area contributed by atoms with Gasteiger partial charge in [0.05, 0.1) is 6.20 Å². The standard InChI is InChI=1S/C18H13F2N3O3/c1-10(24)22-12-3-2-4-13(8-12)23-18(25)14-9-21-26-17(14)11-5-6-15(19)16(20)7-11/h2-9H,1H3,(H,22,24)(H,23,25). The van der Waals surface area contributed by atoms with E-state index in [9.17, 15) is 18.4 Å². The van der Waals surface area contributed by atoms with Gasteiger partial charge >= 0.3 is 0 Å². The molecule has 0 radical (unpaired) electrons. The van der Waals surface area contributed by atoms with Crippen molar-refractivity contribution in [3.8, 4) is 11.3 Å². The van der Waals surface area contributed by atoms with Crippen LogP contribution in [-0.2, 0) is 4.79 Å². The van der Waals surface area contributed by atoms with Gasteiger partial charge in [0.1, 0.15) is 5.56 Å². The molecule has 8 heteroatoms. The summed E-state index contributed by atoms with van der Waals surface area (Å²) in [4.78, 5) is 23.6. The fraction of sp³-hybridized carbons (Fsp3) is 0.0556. The third kappa shape index (κ3) is 3.75. The molecule has 2 aromatic carbocycles. The van der Waals surface area contributed by atoms with Crippen LogP contribution in [0.3, 0.4) is 0 Å². The van der Waals surface area contributed by atoms with Crippen LogP contribution in [0.15, 0.2) is 53.2 Å². The van der Waals surface area contributed by atoms with Gasteiger partial charge in [0.25, 0.3) is 5.91 Å². The summed E-state index contributed by atoms with van der Waals surface area (Å²) in [6.45, 7) is 1.37. The van der Waals surface area contributed by atoms with E-state index < -0.39 is 17.5 Å². The number of carbonyl (C=O) groups is 2. The maximum Gasteiger partial charge on any atom is 0.261 e. The number of carbonyl (C=O) groups excluding carboxylic acids is 2. The summed E-state index contributed by atoms with van der Waals surface area (Å²) in [7, 11) is 0. The zero-order chi connectivity index (χ0) is 18.7. The zero-order valence-electron chi connectivity index (χ0n) is 13.5. The Hall–Kier alpha value is -3.55. The van der Waals surface area contributed by atoms with E-state index in [1.807, 2.05) is 0 Å². The number of rotatable bonds is 4. The quantitative estimate of drug-likeness (QED) is 0.743. The molecule has 0 saturated carbocycles. The molecule has 26 heavy (non-hydrogen) atoms. The molecule has 132 valence electrons. The van der Waals surface area contributed by atoms with Gasteiger partial charge < -0.3 is 15.2 Å². The fourth-order valence-electron chi connectivity index (χ4n) is 2.32. The highest BCUT2D eigenvalue weighted by Gasteiger charge is 2.19. The molecule has 0 spiro atoms. The Morgan fingerprint density at radius 2 is 1.73 bits per heavy atom. The normalized spacial score (nSPS) is 10.4. The van der Waals surface area contributed by atoms with Crippen LogP contribution in [0.25, 0.3) is 11.3 Å². The van der Waals surface area contributed by atoms with Gasteiger partial charge in [-0.15, -0.1) is 0 Å². The van der Waals surface area contributed by atoms with Crippen LogP contribution in [0.4, 0.5) is 20.2 Å². The minimum Gasteiger partial charge on any atom is -0.355 e. The van der Waals surface area contributed by atoms with Gasteiger partial charge in [0.2, 0.25) is 5.91 Å². The van der Waals surface area contributed by atoms with Gasteiger partial charge in [-0.1, -0.05) is 11.2 Å². The monoisotopic (exact) mass is 357 g/mol. The molecule has 0 bridgehead atoms. The molecule has 2 amide bonds. The van der Waals surface area contributed by atoms with Gasteiger partial charge in [-0.3, -0.25) is 9.59 Å². The van der Waals surface area contributed by atoms with E-state index in [1.165, 1.54) is 19.2 Å². The molecule has 2 N–H and O–H groups in total. The first kappa shape index (κ1) is 17.3. The van der Waals surface area contributed by atoms with Gasteiger partial charge in [0, 0.05) is 23.9 Å². The van der Waals surface area contributed by atoms with E-state index in [1.54, 1.807) is 24.3 Å². The van der Waals surface area contributed by atoms with Crippen LogP contribution < -0.4 is 10.6 Å². The second-order valence-electron chi connectivity index (χ2n) is 5.41. The Morgan fingerprint density at radius 3 is 2.42 bits per heavy atom. The molecule has 3 rings (SSSR count). The molecular formula is C18H13F2N3O3. The lowest BCUT2D eigenvalue weighted by molar-refractivity contribution is -0.114. The Kier molecular flexibility index (Phi) is 4.74. The molecule has 3 aromatic rings. The summed E-state index contributed by atoms with van der Waals surface area (Å²) < 4.78 is 31.5. The SMILES string of the molecule is CC(=O)Nc1cccc(NC(=O)c2cnoc2-c2ccc(F)c(F)c2)c1. The third-order valence-electron chi connectivity index (χ3n) is 3.44. The minimum atomic E-state index is -1.06. The number of nitrogens with one attached hydrogen (secondary N) is 2. The summed E-state index contributed by atoms with van der Waals surface area (Å²) in [6, 6.07) is 9.68. The molecule has 1 heterocycles. The molecule has 0 aliphatic heterocycles. The number of amides is 2. The molecule has 0 saturated heterocycles. The second kappa shape index (κ2) is 7.14. The van der Waals surface area contributed by atoms with Crippen LogP contribution in [0.1, 0.15) is 17.3 Å². The van der Waals surface area contributed by atoms with Crippen molar-refractivity contribution < 1.29 is 22.9 Å². The Bertz CT molecular complexity index is 985. The van der Waals surface area contributed by atoms with Gasteiger partial charge in [-0.05, 0) is 36.4 Å². The fourth-order valence-corrected chi connectivity index (χ4v) is 2.32. The van der Waals surface area contributed by atoms with Crippen LogP contribution >= 0.6 is 0 Å². The predicted molar refractivity (Wildman–Crippen MR) is 90.6 cm³/mol. The molecule has 0 aliphatic rings. The van der Waals surface area contributed by atoms with E-state index in [2.05, 4.69) is 15.8 Å². The highest BCUT2D eigenvalue weighted by atomic mass is 19.2. The molecule has 1 aromatic heterocycles. The highest BCUT2D eigenvalue weighted by Crippen LogP contribution is 2.26. The third-order valence-corrected chi connectivity index (χ3v) is 3.44. The Balaban J connectivity index is 1.84. The van der Waals surface area contributed by atoms with Gasteiger partial charge in [0.15, 0.2) is 17.4 Å². The number of hydrogen-bond donors (Lipinski definition) is 2. The Morgan fingerprint density at radius 1 is 1.00 bits per heavy atom. The number of benzene rings is 2. The molecule has 0 fully saturated rings. The van der Waals surface area contributed by atoms with E-state index in [0.29, 0.717) is 11.4 Å². The molecule has 6 nitrogen and oxygen atoms in total. The largest absolute Gasteiger partial charge is 0.355 e. The molecular weight excluding hydrogens is 344 g/mol. The highest BCUT2D eigenvalue weighted by molar-refractivity contribution is 6.08. The van der Waals surface area contributed by atoms with E-state index >= 15 is 0 Å². The van der Waals surface area contributed by atoms with Crippen LogP contribution in [-0.4, -0.2) is 17.0 Å². The van der Waals surface area contributed by atoms with Gasteiger partial charge in [-0.25, -0.2) is 8.78 Å².